The molecule has 9 heteroatoms. The Hall–Kier alpha value is -2.29. The van der Waals surface area contributed by atoms with Gasteiger partial charge in [0.05, 0.1) is 11.5 Å². The Bertz CT molecular complexity index is 787. The summed E-state index contributed by atoms with van der Waals surface area (Å²) in [6.07, 6.45) is 1.56. The molecule has 0 aliphatic heterocycles. The van der Waals surface area contributed by atoms with Gasteiger partial charge in [-0.15, -0.1) is 10.2 Å². The van der Waals surface area contributed by atoms with Crippen LogP contribution in [-0.4, -0.2) is 25.0 Å². The summed E-state index contributed by atoms with van der Waals surface area (Å²) in [6, 6.07) is 3.55. The predicted molar refractivity (Wildman–Crippen MR) is 85.1 cm³/mol. The van der Waals surface area contributed by atoms with Crippen LogP contribution in [-0.2, 0) is 5.41 Å². The fraction of sp³-hybridized carbons (Fsp3) is 0.429. The number of nitrogen functional groups attached to an aromatic ring is 1. The van der Waals surface area contributed by atoms with Crippen molar-refractivity contribution >= 4 is 11.8 Å². The molecule has 8 nitrogen and oxygen atoms in total. The van der Waals surface area contributed by atoms with Gasteiger partial charge >= 0.3 is 0 Å². The van der Waals surface area contributed by atoms with Gasteiger partial charge in [-0.2, -0.15) is 4.98 Å². The molecule has 2 N–H and O–H groups in total. The Labute approximate surface area is 137 Å². The Morgan fingerprint density at radius 2 is 2.09 bits per heavy atom. The van der Waals surface area contributed by atoms with Crippen LogP contribution in [0.4, 0.5) is 0 Å². The fourth-order valence-electron chi connectivity index (χ4n) is 1.84. The van der Waals surface area contributed by atoms with Crippen LogP contribution in [0.2, 0.25) is 0 Å². The highest BCUT2D eigenvalue weighted by atomic mass is 32.2. The number of hydrogen-bond acceptors (Lipinski definition) is 8. The first kappa shape index (κ1) is 15.6. The average molecular weight is 334 g/mol. The van der Waals surface area contributed by atoms with Gasteiger partial charge < -0.3 is 14.8 Å². The van der Waals surface area contributed by atoms with Gasteiger partial charge in [0.25, 0.3) is 0 Å². The zero-order chi connectivity index (χ0) is 16.6. The van der Waals surface area contributed by atoms with Crippen molar-refractivity contribution in [3.8, 4) is 11.6 Å². The normalized spacial score (nSPS) is 13.4. The highest BCUT2D eigenvalue weighted by Crippen LogP contribution is 2.34. The number of thioether (sulfide) groups is 1. The maximum absolute atomic E-state index is 6.04. The van der Waals surface area contributed by atoms with Gasteiger partial charge in [0.15, 0.2) is 11.6 Å². The largest absolute Gasteiger partial charge is 0.461 e. The summed E-state index contributed by atoms with van der Waals surface area (Å²) < 4.78 is 12.0. The number of furan rings is 1. The molecule has 3 rings (SSSR count). The lowest BCUT2D eigenvalue weighted by molar-refractivity contribution is 0.364. The molecular weight excluding hydrogens is 316 g/mol. The van der Waals surface area contributed by atoms with Gasteiger partial charge in [-0.05, 0) is 19.1 Å². The van der Waals surface area contributed by atoms with E-state index >= 15 is 0 Å². The van der Waals surface area contributed by atoms with E-state index in [-0.39, 0.29) is 10.7 Å². The molecule has 0 aliphatic carbocycles. The monoisotopic (exact) mass is 334 g/mol. The summed E-state index contributed by atoms with van der Waals surface area (Å²) in [6.45, 7) is 8.05. The lowest BCUT2D eigenvalue weighted by Crippen LogP contribution is -2.13. The molecule has 0 radical (unpaired) electrons. The van der Waals surface area contributed by atoms with E-state index in [0.29, 0.717) is 28.5 Å². The summed E-state index contributed by atoms with van der Waals surface area (Å²) in [7, 11) is 0. The molecule has 3 heterocycles. The number of nitrogens with two attached hydrogens (primary N) is 1. The van der Waals surface area contributed by atoms with Gasteiger partial charge in [0.1, 0.15) is 0 Å². The first-order valence-electron chi connectivity index (χ1n) is 7.11. The van der Waals surface area contributed by atoms with E-state index in [4.69, 9.17) is 14.8 Å². The lowest BCUT2D eigenvalue weighted by Gasteiger charge is -2.11. The minimum Gasteiger partial charge on any atom is -0.461 e. The fourth-order valence-corrected chi connectivity index (χ4v) is 2.65. The molecule has 0 aliphatic rings. The highest BCUT2D eigenvalue weighted by Gasteiger charge is 2.25. The molecule has 0 aromatic carbocycles. The molecule has 0 amide bonds. The summed E-state index contributed by atoms with van der Waals surface area (Å²) >= 11 is 1.39. The highest BCUT2D eigenvalue weighted by molar-refractivity contribution is 7.99. The van der Waals surface area contributed by atoms with Crippen molar-refractivity contribution in [3.05, 3.63) is 30.1 Å². The van der Waals surface area contributed by atoms with Crippen LogP contribution in [0.25, 0.3) is 11.6 Å². The maximum Gasteiger partial charge on any atom is 0.239 e. The zero-order valence-corrected chi connectivity index (χ0v) is 14.2. The van der Waals surface area contributed by atoms with Crippen molar-refractivity contribution in [1.29, 1.82) is 0 Å². The topological polar surface area (TPSA) is 109 Å². The SMILES string of the molecule is CC(Sc1nnc(-c2ccco2)n1N)c1nc(C(C)(C)C)no1. The van der Waals surface area contributed by atoms with Crippen LogP contribution in [0.3, 0.4) is 0 Å². The molecule has 1 unspecified atom stereocenters. The standard InChI is InChI=1S/C14H18N6O2S/c1-8(11-16-12(19-22-11)14(2,3)4)23-13-18-17-10(20(13)15)9-6-5-7-21-9/h5-8H,15H2,1-4H3. The van der Waals surface area contributed by atoms with Crippen LogP contribution in [0.1, 0.15) is 44.7 Å². The molecule has 0 bridgehead atoms. The summed E-state index contributed by atoms with van der Waals surface area (Å²) in [5.74, 6) is 8.27. The minimum atomic E-state index is -0.160. The summed E-state index contributed by atoms with van der Waals surface area (Å²) in [5, 5.41) is 12.6. The lowest BCUT2D eigenvalue weighted by atomic mass is 9.96. The van der Waals surface area contributed by atoms with E-state index in [1.165, 1.54) is 16.4 Å². The van der Waals surface area contributed by atoms with E-state index in [2.05, 4.69) is 20.3 Å². The molecular formula is C14H18N6O2S. The molecule has 0 spiro atoms. The quantitative estimate of drug-likeness (QED) is 0.573. The first-order valence-corrected chi connectivity index (χ1v) is 7.99. The van der Waals surface area contributed by atoms with Crippen molar-refractivity contribution in [1.82, 2.24) is 25.0 Å². The smallest absolute Gasteiger partial charge is 0.239 e. The third-order valence-corrected chi connectivity index (χ3v) is 4.19. The van der Waals surface area contributed by atoms with Gasteiger partial charge in [-0.25, -0.2) is 4.68 Å². The number of nitrogens with zero attached hydrogens (tertiary/aromatic N) is 5. The van der Waals surface area contributed by atoms with Crippen molar-refractivity contribution in [2.45, 2.75) is 43.5 Å². The molecule has 3 aromatic rings. The Kier molecular flexibility index (Phi) is 3.88. The molecule has 3 aromatic heterocycles. The van der Waals surface area contributed by atoms with Gasteiger partial charge in [-0.3, -0.25) is 0 Å². The van der Waals surface area contributed by atoms with Gasteiger partial charge in [0, 0.05) is 5.41 Å². The van der Waals surface area contributed by atoms with E-state index in [1.54, 1.807) is 18.4 Å². The first-order chi connectivity index (χ1) is 10.9. The summed E-state index contributed by atoms with van der Waals surface area (Å²) in [4.78, 5) is 4.45. The molecule has 0 saturated heterocycles. The maximum atomic E-state index is 6.04. The average Bonchev–Trinajstić information content (AvgIpc) is 3.18. The van der Waals surface area contributed by atoms with Crippen LogP contribution < -0.4 is 5.84 Å². The molecule has 1 atom stereocenters. The number of rotatable bonds is 4. The summed E-state index contributed by atoms with van der Waals surface area (Å²) in [5.41, 5.74) is -0.160. The number of hydrogen-bond donors (Lipinski definition) is 1. The zero-order valence-electron chi connectivity index (χ0n) is 13.3. The van der Waals surface area contributed by atoms with Crippen molar-refractivity contribution in [2.75, 3.05) is 5.84 Å². The number of aromatic nitrogens is 5. The molecule has 0 fully saturated rings. The van der Waals surface area contributed by atoms with Crippen molar-refractivity contribution < 1.29 is 8.94 Å². The Morgan fingerprint density at radius 3 is 2.70 bits per heavy atom. The van der Waals surface area contributed by atoms with E-state index in [9.17, 15) is 0 Å². The minimum absolute atomic E-state index is 0.102. The van der Waals surface area contributed by atoms with E-state index in [0.717, 1.165) is 0 Å². The second kappa shape index (κ2) is 5.73. The van der Waals surface area contributed by atoms with Crippen molar-refractivity contribution in [2.24, 2.45) is 0 Å². The van der Waals surface area contributed by atoms with Gasteiger partial charge in [0.2, 0.25) is 16.9 Å². The Balaban J connectivity index is 1.78. The second-order valence-corrected chi connectivity index (χ2v) is 7.43. The van der Waals surface area contributed by atoms with Gasteiger partial charge in [-0.1, -0.05) is 37.7 Å². The molecule has 23 heavy (non-hydrogen) atoms. The van der Waals surface area contributed by atoms with E-state index in [1.807, 2.05) is 27.7 Å². The Morgan fingerprint density at radius 1 is 1.30 bits per heavy atom. The molecule has 122 valence electrons. The third-order valence-electron chi connectivity index (χ3n) is 3.15. The van der Waals surface area contributed by atoms with Crippen LogP contribution in [0.5, 0.6) is 0 Å². The predicted octanol–water partition coefficient (Wildman–Crippen LogP) is 2.79. The van der Waals surface area contributed by atoms with Crippen LogP contribution in [0, 0.1) is 0 Å². The van der Waals surface area contributed by atoms with Crippen molar-refractivity contribution in [3.63, 3.8) is 0 Å². The van der Waals surface area contributed by atoms with Crippen LogP contribution in [0.15, 0.2) is 32.5 Å². The third kappa shape index (κ3) is 3.09. The molecule has 0 saturated carbocycles. The second-order valence-electron chi connectivity index (χ2n) is 6.12. The van der Waals surface area contributed by atoms with Crippen LogP contribution >= 0.6 is 11.8 Å². The van der Waals surface area contributed by atoms with E-state index < -0.39 is 0 Å².